The Hall–Kier alpha value is -1.31. The Morgan fingerprint density at radius 3 is 2.53 bits per heavy atom. The largest absolute Gasteiger partial charge is 0.397 e. The van der Waals surface area contributed by atoms with Crippen molar-refractivity contribution in [3.05, 3.63) is 18.2 Å². The molecule has 0 fully saturated rings. The predicted octanol–water partition coefficient (Wildman–Crippen LogP) is 0.737. The molecule has 0 saturated carbocycles. The van der Waals surface area contributed by atoms with E-state index in [1.54, 1.807) is 0 Å². The van der Waals surface area contributed by atoms with Crippen LogP contribution in [0.1, 0.15) is 20.3 Å². The lowest BCUT2D eigenvalue weighted by Gasteiger charge is -2.25. The van der Waals surface area contributed by atoms with E-state index in [-0.39, 0.29) is 16.9 Å². The summed E-state index contributed by atoms with van der Waals surface area (Å²) in [5.41, 5.74) is 6.64. The smallest absolute Gasteiger partial charge is 0.238 e. The van der Waals surface area contributed by atoms with E-state index < -0.39 is 10.0 Å². The molecule has 1 aromatic carbocycles. The zero-order valence-electron chi connectivity index (χ0n) is 11.2. The molecule has 0 atom stereocenters. The van der Waals surface area contributed by atoms with Crippen molar-refractivity contribution < 1.29 is 13.5 Å². The summed E-state index contributed by atoms with van der Waals surface area (Å²) in [4.78, 5) is 0.0177. The summed E-state index contributed by atoms with van der Waals surface area (Å²) in [5, 5.41) is 17.1. The zero-order valence-corrected chi connectivity index (χ0v) is 12.0. The van der Waals surface area contributed by atoms with Crippen LogP contribution in [-0.4, -0.2) is 26.7 Å². The van der Waals surface area contributed by atoms with Gasteiger partial charge in [0, 0.05) is 13.2 Å². The van der Waals surface area contributed by atoms with E-state index in [0.717, 1.165) is 0 Å². The van der Waals surface area contributed by atoms with E-state index in [1.807, 2.05) is 13.8 Å². The second-order valence-corrected chi connectivity index (χ2v) is 6.85. The van der Waals surface area contributed by atoms with Crippen LogP contribution in [0.2, 0.25) is 0 Å². The molecule has 0 aromatic heterocycles. The number of sulfonamides is 1. The van der Waals surface area contributed by atoms with Crippen LogP contribution >= 0.6 is 0 Å². The van der Waals surface area contributed by atoms with Gasteiger partial charge in [-0.3, -0.25) is 0 Å². The molecule has 0 unspecified atom stereocenters. The van der Waals surface area contributed by atoms with Crippen LogP contribution in [0.5, 0.6) is 0 Å². The summed E-state index contributed by atoms with van der Waals surface area (Å²) in [5.74, 6) is 0. The average molecular weight is 287 g/mol. The Morgan fingerprint density at radius 1 is 1.37 bits per heavy atom. The number of aliphatic hydroxyl groups excluding tert-OH is 1. The fourth-order valence-corrected chi connectivity index (χ4v) is 2.13. The van der Waals surface area contributed by atoms with Crippen molar-refractivity contribution in [3.8, 4) is 0 Å². The molecule has 1 aromatic rings. The van der Waals surface area contributed by atoms with Gasteiger partial charge in [-0.25, -0.2) is 13.6 Å². The number of rotatable bonds is 6. The Bertz CT molecular complexity index is 541. The molecule has 0 amide bonds. The fourth-order valence-electron chi connectivity index (χ4n) is 1.59. The molecule has 0 aliphatic carbocycles. The number of benzene rings is 1. The number of nitrogens with one attached hydrogen (secondary N) is 1. The van der Waals surface area contributed by atoms with Crippen LogP contribution in [0.4, 0.5) is 11.4 Å². The maximum atomic E-state index is 11.3. The van der Waals surface area contributed by atoms with Crippen LogP contribution in [0.25, 0.3) is 0 Å². The highest BCUT2D eigenvalue weighted by Gasteiger charge is 2.18. The minimum atomic E-state index is -3.74. The minimum Gasteiger partial charge on any atom is -0.397 e. The lowest BCUT2D eigenvalue weighted by molar-refractivity contribution is 0.220. The van der Waals surface area contributed by atoms with E-state index in [4.69, 9.17) is 16.0 Å². The molecule has 0 spiro atoms. The van der Waals surface area contributed by atoms with Crippen LogP contribution in [0, 0.1) is 5.41 Å². The van der Waals surface area contributed by atoms with Crippen LogP contribution < -0.4 is 16.2 Å². The average Bonchev–Trinajstić information content (AvgIpc) is 2.26. The molecular weight excluding hydrogens is 266 g/mol. The zero-order chi connectivity index (χ0) is 14.7. The van der Waals surface area contributed by atoms with E-state index in [9.17, 15) is 8.42 Å². The van der Waals surface area contributed by atoms with E-state index in [0.29, 0.717) is 24.3 Å². The SMILES string of the molecule is CC(C)(CCO)CNc1cc(S(N)(=O)=O)ccc1N. The Kier molecular flexibility index (Phi) is 4.78. The monoisotopic (exact) mass is 287 g/mol. The van der Waals surface area contributed by atoms with Gasteiger partial charge in [-0.05, 0) is 30.0 Å². The van der Waals surface area contributed by atoms with Gasteiger partial charge in [-0.2, -0.15) is 0 Å². The van der Waals surface area contributed by atoms with Gasteiger partial charge in [0.2, 0.25) is 10.0 Å². The maximum Gasteiger partial charge on any atom is 0.238 e. The van der Waals surface area contributed by atoms with Crippen molar-refractivity contribution in [2.45, 2.75) is 25.2 Å². The van der Waals surface area contributed by atoms with E-state index in [2.05, 4.69) is 5.32 Å². The molecule has 0 saturated heterocycles. The van der Waals surface area contributed by atoms with E-state index >= 15 is 0 Å². The molecule has 0 bridgehead atoms. The molecule has 0 aliphatic heterocycles. The molecule has 1 rings (SSSR count). The van der Waals surface area contributed by atoms with Crippen LogP contribution in [0.15, 0.2) is 23.1 Å². The van der Waals surface area contributed by atoms with Crippen molar-refractivity contribution >= 4 is 21.4 Å². The highest BCUT2D eigenvalue weighted by atomic mass is 32.2. The Balaban J connectivity index is 2.90. The van der Waals surface area contributed by atoms with Crippen LogP contribution in [-0.2, 0) is 10.0 Å². The molecular formula is C12H21N3O3S. The van der Waals surface area contributed by atoms with Crippen molar-refractivity contribution in [3.63, 3.8) is 0 Å². The Morgan fingerprint density at radius 2 is 2.00 bits per heavy atom. The molecule has 6 N–H and O–H groups in total. The summed E-state index contributed by atoms with van der Waals surface area (Å²) in [6.45, 7) is 4.65. The molecule has 0 radical (unpaired) electrons. The third-order valence-electron chi connectivity index (χ3n) is 2.90. The van der Waals surface area contributed by atoms with Gasteiger partial charge in [0.25, 0.3) is 0 Å². The molecule has 6 nitrogen and oxygen atoms in total. The summed E-state index contributed by atoms with van der Waals surface area (Å²) >= 11 is 0. The third-order valence-corrected chi connectivity index (χ3v) is 3.81. The first-order chi connectivity index (χ1) is 8.65. The molecule has 7 heteroatoms. The number of nitrogens with two attached hydrogens (primary N) is 2. The van der Waals surface area contributed by atoms with Crippen LogP contribution in [0.3, 0.4) is 0 Å². The predicted molar refractivity (Wildman–Crippen MR) is 76.2 cm³/mol. The molecule has 0 aliphatic rings. The summed E-state index contributed by atoms with van der Waals surface area (Å²) in [7, 11) is -3.74. The second-order valence-electron chi connectivity index (χ2n) is 5.29. The normalized spacial score (nSPS) is 12.4. The summed E-state index contributed by atoms with van der Waals surface area (Å²) < 4.78 is 22.6. The molecule has 19 heavy (non-hydrogen) atoms. The highest BCUT2D eigenvalue weighted by molar-refractivity contribution is 7.89. The van der Waals surface area contributed by atoms with Gasteiger partial charge in [-0.15, -0.1) is 0 Å². The number of nitrogen functional groups attached to an aromatic ring is 1. The Labute approximate surface area is 113 Å². The van der Waals surface area contributed by atoms with Gasteiger partial charge in [0.05, 0.1) is 16.3 Å². The lowest BCUT2D eigenvalue weighted by atomic mass is 9.89. The first-order valence-corrected chi connectivity index (χ1v) is 7.47. The molecule has 108 valence electrons. The maximum absolute atomic E-state index is 11.3. The quantitative estimate of drug-likeness (QED) is 0.575. The fraction of sp³-hybridized carbons (Fsp3) is 0.500. The minimum absolute atomic E-state index is 0.0177. The summed E-state index contributed by atoms with van der Waals surface area (Å²) in [6, 6.07) is 4.29. The van der Waals surface area contributed by atoms with Gasteiger partial charge in [-0.1, -0.05) is 13.8 Å². The lowest BCUT2D eigenvalue weighted by Crippen LogP contribution is -2.24. The van der Waals surface area contributed by atoms with Crippen molar-refractivity contribution in [1.29, 1.82) is 0 Å². The standard InChI is InChI=1S/C12H21N3O3S/c1-12(2,5-6-16)8-15-11-7-9(19(14,17)18)3-4-10(11)13/h3-4,7,15-16H,5-6,8,13H2,1-2H3,(H2,14,17,18). The van der Waals surface area contributed by atoms with Crippen molar-refractivity contribution in [2.75, 3.05) is 24.2 Å². The first-order valence-electron chi connectivity index (χ1n) is 5.93. The summed E-state index contributed by atoms with van der Waals surface area (Å²) in [6.07, 6.45) is 0.634. The van der Waals surface area contributed by atoms with Gasteiger partial charge in [0.15, 0.2) is 0 Å². The van der Waals surface area contributed by atoms with Crippen molar-refractivity contribution in [2.24, 2.45) is 10.6 Å². The van der Waals surface area contributed by atoms with E-state index in [1.165, 1.54) is 18.2 Å². The number of anilines is 2. The van der Waals surface area contributed by atoms with Gasteiger partial charge in [0.1, 0.15) is 0 Å². The number of primary sulfonamides is 1. The van der Waals surface area contributed by atoms with Gasteiger partial charge < -0.3 is 16.2 Å². The first kappa shape index (κ1) is 15.7. The molecule has 0 heterocycles. The number of aliphatic hydroxyl groups is 1. The van der Waals surface area contributed by atoms with Gasteiger partial charge >= 0.3 is 0 Å². The topological polar surface area (TPSA) is 118 Å². The number of hydrogen-bond donors (Lipinski definition) is 4. The number of hydrogen-bond acceptors (Lipinski definition) is 5. The van der Waals surface area contributed by atoms with Crippen molar-refractivity contribution in [1.82, 2.24) is 0 Å². The second kappa shape index (κ2) is 5.77. The highest BCUT2D eigenvalue weighted by Crippen LogP contribution is 2.25. The third kappa shape index (κ3) is 4.70.